The minimum atomic E-state index is -3.80. The number of rotatable bonds is 5. The molecule has 3 rings (SSSR count). The fourth-order valence-electron chi connectivity index (χ4n) is 2.64. The summed E-state index contributed by atoms with van der Waals surface area (Å²) in [6.07, 6.45) is 1.50. The Bertz CT molecular complexity index is 961. The van der Waals surface area contributed by atoms with Crippen LogP contribution >= 0.6 is 11.8 Å². The highest BCUT2D eigenvalue weighted by Crippen LogP contribution is 2.38. The van der Waals surface area contributed by atoms with Gasteiger partial charge in [0.05, 0.1) is 14.7 Å². The van der Waals surface area contributed by atoms with Crippen molar-refractivity contribution in [1.29, 1.82) is 0 Å². The van der Waals surface area contributed by atoms with E-state index < -0.39 is 32.3 Å². The maximum absolute atomic E-state index is 13.8. The Balaban J connectivity index is 1.98. The van der Waals surface area contributed by atoms with Gasteiger partial charge in [-0.3, -0.25) is 10.1 Å². The minimum absolute atomic E-state index is 0.00431. The van der Waals surface area contributed by atoms with Gasteiger partial charge in [0.25, 0.3) is 5.69 Å². The first-order valence-corrected chi connectivity index (χ1v) is 9.96. The summed E-state index contributed by atoms with van der Waals surface area (Å²) < 4.78 is 53.2. The fourth-order valence-corrected chi connectivity index (χ4v) is 5.08. The van der Waals surface area contributed by atoms with E-state index in [9.17, 15) is 27.3 Å². The summed E-state index contributed by atoms with van der Waals surface area (Å²) >= 11 is 0.738. The third-order valence-corrected chi connectivity index (χ3v) is 6.95. The SMILES string of the molecule is O=[N+]([O-])c1cc(S(=O)(=O)N2CCCC2)ccc1Sc1ccc(F)cc1F. The second kappa shape index (κ2) is 7.29. The van der Waals surface area contributed by atoms with Crippen molar-refractivity contribution in [3.63, 3.8) is 0 Å². The average molecular weight is 400 g/mol. The van der Waals surface area contributed by atoms with Crippen LogP contribution in [0.5, 0.6) is 0 Å². The van der Waals surface area contributed by atoms with E-state index in [1.54, 1.807) is 0 Å². The Kier molecular flexibility index (Phi) is 5.26. The molecule has 0 aromatic heterocycles. The zero-order valence-corrected chi connectivity index (χ0v) is 15.0. The number of nitrogens with zero attached hydrogens (tertiary/aromatic N) is 2. The first-order chi connectivity index (χ1) is 12.3. The van der Waals surface area contributed by atoms with Gasteiger partial charge in [-0.05, 0) is 37.1 Å². The molecule has 10 heteroatoms. The van der Waals surface area contributed by atoms with Gasteiger partial charge in [0, 0.05) is 30.1 Å². The van der Waals surface area contributed by atoms with E-state index in [0.29, 0.717) is 19.2 Å². The highest BCUT2D eigenvalue weighted by molar-refractivity contribution is 7.99. The predicted octanol–water partition coefficient (Wildman–Crippen LogP) is 3.81. The van der Waals surface area contributed by atoms with Gasteiger partial charge >= 0.3 is 0 Å². The zero-order valence-electron chi connectivity index (χ0n) is 13.4. The summed E-state index contributed by atoms with van der Waals surface area (Å²) in [5.41, 5.74) is -0.445. The van der Waals surface area contributed by atoms with Crippen LogP contribution in [0.3, 0.4) is 0 Å². The molecule has 2 aromatic carbocycles. The Labute approximate surface area is 153 Å². The third-order valence-electron chi connectivity index (χ3n) is 3.94. The van der Waals surface area contributed by atoms with Crippen LogP contribution in [0.4, 0.5) is 14.5 Å². The second-order valence-electron chi connectivity index (χ2n) is 5.67. The van der Waals surface area contributed by atoms with Crippen molar-refractivity contribution < 1.29 is 22.1 Å². The largest absolute Gasteiger partial charge is 0.284 e. The van der Waals surface area contributed by atoms with Crippen LogP contribution in [0, 0.1) is 21.7 Å². The van der Waals surface area contributed by atoms with Crippen molar-refractivity contribution in [2.24, 2.45) is 0 Å². The quantitative estimate of drug-likeness (QED) is 0.563. The van der Waals surface area contributed by atoms with Crippen molar-refractivity contribution in [3.8, 4) is 0 Å². The van der Waals surface area contributed by atoms with Gasteiger partial charge in [-0.15, -0.1) is 0 Å². The zero-order chi connectivity index (χ0) is 18.9. The standard InChI is InChI=1S/C16H14F2N2O4S2/c17-11-3-5-15(13(18)9-11)25-16-6-4-12(10-14(16)20(21)22)26(23,24)19-7-1-2-8-19/h3-6,9-10H,1-2,7-8H2. The van der Waals surface area contributed by atoms with Crippen LogP contribution in [-0.4, -0.2) is 30.7 Å². The van der Waals surface area contributed by atoms with E-state index in [1.165, 1.54) is 22.5 Å². The molecule has 0 bridgehead atoms. The summed E-state index contributed by atoms with van der Waals surface area (Å²) in [7, 11) is -3.80. The van der Waals surface area contributed by atoms with Crippen molar-refractivity contribution in [2.45, 2.75) is 27.5 Å². The van der Waals surface area contributed by atoms with Crippen LogP contribution in [0.15, 0.2) is 51.1 Å². The number of sulfonamides is 1. The van der Waals surface area contributed by atoms with Gasteiger partial charge in [0.15, 0.2) is 0 Å². The molecule has 0 spiro atoms. The fraction of sp³-hybridized carbons (Fsp3) is 0.250. The summed E-state index contributed by atoms with van der Waals surface area (Å²) in [5.74, 6) is -1.61. The maximum Gasteiger partial charge on any atom is 0.284 e. The number of hydrogen-bond donors (Lipinski definition) is 0. The van der Waals surface area contributed by atoms with E-state index in [-0.39, 0.29) is 14.7 Å². The van der Waals surface area contributed by atoms with Gasteiger partial charge in [-0.1, -0.05) is 11.8 Å². The first-order valence-electron chi connectivity index (χ1n) is 7.70. The summed E-state index contributed by atoms with van der Waals surface area (Å²) in [6, 6.07) is 6.42. The van der Waals surface area contributed by atoms with Gasteiger partial charge < -0.3 is 0 Å². The highest BCUT2D eigenvalue weighted by Gasteiger charge is 2.29. The van der Waals surface area contributed by atoms with E-state index in [1.807, 2.05) is 0 Å². The molecule has 6 nitrogen and oxygen atoms in total. The van der Waals surface area contributed by atoms with E-state index in [4.69, 9.17) is 0 Å². The predicted molar refractivity (Wildman–Crippen MR) is 91.6 cm³/mol. The number of nitro groups is 1. The van der Waals surface area contributed by atoms with Gasteiger partial charge in [-0.25, -0.2) is 17.2 Å². The monoisotopic (exact) mass is 400 g/mol. The molecule has 1 aliphatic heterocycles. The second-order valence-corrected chi connectivity index (χ2v) is 8.70. The Morgan fingerprint density at radius 1 is 1.04 bits per heavy atom. The van der Waals surface area contributed by atoms with Crippen molar-refractivity contribution in [2.75, 3.05) is 13.1 Å². The molecule has 26 heavy (non-hydrogen) atoms. The van der Waals surface area contributed by atoms with E-state index >= 15 is 0 Å². The van der Waals surface area contributed by atoms with Crippen molar-refractivity contribution >= 4 is 27.5 Å². The van der Waals surface area contributed by atoms with E-state index in [2.05, 4.69) is 0 Å². The molecular formula is C16H14F2N2O4S2. The summed E-state index contributed by atoms with van der Waals surface area (Å²) in [6.45, 7) is 0.765. The smallest absolute Gasteiger partial charge is 0.258 e. The minimum Gasteiger partial charge on any atom is -0.258 e. The lowest BCUT2D eigenvalue weighted by molar-refractivity contribution is -0.388. The molecule has 1 fully saturated rings. The molecule has 1 aliphatic rings. The van der Waals surface area contributed by atoms with Crippen LogP contribution in [0.1, 0.15) is 12.8 Å². The van der Waals surface area contributed by atoms with Crippen LogP contribution in [0.25, 0.3) is 0 Å². The molecule has 0 radical (unpaired) electrons. The van der Waals surface area contributed by atoms with Crippen LogP contribution in [0.2, 0.25) is 0 Å². The molecule has 0 saturated carbocycles. The van der Waals surface area contributed by atoms with Gasteiger partial charge in [0.2, 0.25) is 10.0 Å². The molecule has 1 heterocycles. The topological polar surface area (TPSA) is 80.5 Å². The molecule has 1 saturated heterocycles. The molecule has 0 unspecified atom stereocenters. The van der Waals surface area contributed by atoms with E-state index in [0.717, 1.165) is 36.7 Å². The highest BCUT2D eigenvalue weighted by atomic mass is 32.2. The number of halogens is 2. The van der Waals surface area contributed by atoms with Gasteiger partial charge in [-0.2, -0.15) is 4.31 Å². The summed E-state index contributed by atoms with van der Waals surface area (Å²) in [5, 5.41) is 11.4. The van der Waals surface area contributed by atoms with Crippen molar-refractivity contribution in [1.82, 2.24) is 4.31 Å². The van der Waals surface area contributed by atoms with Gasteiger partial charge in [0.1, 0.15) is 11.6 Å². The number of hydrogen-bond acceptors (Lipinski definition) is 5. The molecular weight excluding hydrogens is 386 g/mol. The molecule has 138 valence electrons. The molecule has 0 N–H and O–H groups in total. The number of benzene rings is 2. The lowest BCUT2D eigenvalue weighted by Crippen LogP contribution is -2.27. The first kappa shape index (κ1) is 18.7. The Morgan fingerprint density at radius 3 is 2.31 bits per heavy atom. The normalized spacial score (nSPS) is 15.3. The Morgan fingerprint density at radius 2 is 1.69 bits per heavy atom. The lowest BCUT2D eigenvalue weighted by atomic mass is 10.3. The number of nitro benzene ring substituents is 1. The van der Waals surface area contributed by atoms with Crippen LogP contribution < -0.4 is 0 Å². The molecule has 0 aliphatic carbocycles. The lowest BCUT2D eigenvalue weighted by Gasteiger charge is -2.15. The molecule has 0 amide bonds. The Hall–Kier alpha value is -2.04. The summed E-state index contributed by atoms with van der Waals surface area (Å²) in [4.78, 5) is 10.6. The molecule has 0 atom stereocenters. The maximum atomic E-state index is 13.8. The van der Waals surface area contributed by atoms with Crippen molar-refractivity contribution in [3.05, 3.63) is 58.1 Å². The third kappa shape index (κ3) is 3.71. The average Bonchev–Trinajstić information content (AvgIpc) is 3.12. The molecule has 2 aromatic rings. The van der Waals surface area contributed by atoms with Crippen LogP contribution in [-0.2, 0) is 10.0 Å².